The minimum absolute atomic E-state index is 0.167. The first-order chi connectivity index (χ1) is 7.11. The lowest BCUT2D eigenvalue weighted by Crippen LogP contribution is -2.43. The number of likely N-dealkylation sites (N-methyl/N-ethyl adjacent to an activating group) is 1. The van der Waals surface area contributed by atoms with Crippen molar-refractivity contribution in [3.63, 3.8) is 0 Å². The van der Waals surface area contributed by atoms with E-state index in [1.165, 1.54) is 4.90 Å². The molecule has 5 nitrogen and oxygen atoms in total. The highest BCUT2D eigenvalue weighted by Gasteiger charge is 2.28. The van der Waals surface area contributed by atoms with E-state index >= 15 is 0 Å². The normalized spacial score (nSPS) is 20.6. The number of fused-ring (bicyclic) bond motifs is 1. The SMILES string of the molecule is CN1C(=O)[C@@H](N)COc2c(Br)ccnc21. The van der Waals surface area contributed by atoms with Crippen molar-refractivity contribution in [2.75, 3.05) is 18.6 Å². The van der Waals surface area contributed by atoms with Gasteiger partial charge in [-0.3, -0.25) is 9.69 Å². The van der Waals surface area contributed by atoms with Gasteiger partial charge in [0.25, 0.3) is 0 Å². The van der Waals surface area contributed by atoms with Gasteiger partial charge in [-0.15, -0.1) is 0 Å². The second kappa shape index (κ2) is 3.79. The van der Waals surface area contributed by atoms with Crippen LogP contribution in [0.1, 0.15) is 0 Å². The summed E-state index contributed by atoms with van der Waals surface area (Å²) in [6, 6.07) is 1.12. The fourth-order valence-corrected chi connectivity index (χ4v) is 1.79. The molecule has 2 N–H and O–H groups in total. The number of ether oxygens (including phenoxy) is 1. The molecule has 0 bridgehead atoms. The van der Waals surface area contributed by atoms with E-state index in [4.69, 9.17) is 10.5 Å². The van der Waals surface area contributed by atoms with Gasteiger partial charge in [-0.1, -0.05) is 0 Å². The summed E-state index contributed by atoms with van der Waals surface area (Å²) in [5.41, 5.74) is 5.64. The number of aromatic nitrogens is 1. The van der Waals surface area contributed by atoms with Gasteiger partial charge in [0.1, 0.15) is 12.6 Å². The average Bonchev–Trinajstić information content (AvgIpc) is 2.33. The summed E-state index contributed by atoms with van der Waals surface area (Å²) in [4.78, 5) is 17.2. The van der Waals surface area contributed by atoms with Crippen LogP contribution < -0.4 is 15.4 Å². The number of nitrogens with zero attached hydrogens (tertiary/aromatic N) is 2. The summed E-state index contributed by atoms with van der Waals surface area (Å²) < 4.78 is 6.20. The van der Waals surface area contributed by atoms with E-state index in [0.717, 1.165) is 4.47 Å². The summed E-state index contributed by atoms with van der Waals surface area (Å²) in [7, 11) is 1.63. The van der Waals surface area contributed by atoms with Gasteiger partial charge >= 0.3 is 0 Å². The largest absolute Gasteiger partial charge is 0.486 e. The zero-order valence-corrected chi connectivity index (χ0v) is 9.69. The van der Waals surface area contributed by atoms with Gasteiger partial charge in [-0.25, -0.2) is 4.98 Å². The maximum Gasteiger partial charge on any atom is 0.248 e. The molecule has 0 fully saturated rings. The van der Waals surface area contributed by atoms with Crippen molar-refractivity contribution in [1.29, 1.82) is 0 Å². The van der Waals surface area contributed by atoms with E-state index in [1.807, 2.05) is 0 Å². The number of hydrogen-bond donors (Lipinski definition) is 1. The van der Waals surface area contributed by atoms with Gasteiger partial charge in [-0.05, 0) is 22.0 Å². The van der Waals surface area contributed by atoms with Gasteiger partial charge in [0, 0.05) is 13.2 Å². The molecule has 1 aliphatic heterocycles. The molecule has 1 aromatic heterocycles. The van der Waals surface area contributed by atoms with Crippen molar-refractivity contribution in [2.24, 2.45) is 5.73 Å². The van der Waals surface area contributed by atoms with Gasteiger partial charge < -0.3 is 10.5 Å². The third kappa shape index (κ3) is 1.70. The molecule has 0 unspecified atom stereocenters. The number of nitrogens with two attached hydrogens (primary N) is 1. The molecule has 1 aromatic rings. The molecule has 1 atom stereocenters. The molecule has 0 saturated carbocycles. The van der Waals surface area contributed by atoms with E-state index in [-0.39, 0.29) is 12.5 Å². The van der Waals surface area contributed by atoms with Gasteiger partial charge in [0.05, 0.1) is 4.47 Å². The van der Waals surface area contributed by atoms with E-state index in [2.05, 4.69) is 20.9 Å². The Bertz CT molecular complexity index is 410. The molecule has 0 aromatic carbocycles. The smallest absolute Gasteiger partial charge is 0.248 e. The van der Waals surface area contributed by atoms with Gasteiger partial charge in [0.15, 0.2) is 11.6 Å². The first-order valence-corrected chi connectivity index (χ1v) is 5.21. The predicted molar refractivity (Wildman–Crippen MR) is 58.8 cm³/mol. The Balaban J connectivity index is 2.52. The van der Waals surface area contributed by atoms with Crippen LogP contribution in [0.25, 0.3) is 0 Å². The molecule has 0 radical (unpaired) electrons. The van der Waals surface area contributed by atoms with Crippen molar-refractivity contribution >= 4 is 27.7 Å². The van der Waals surface area contributed by atoms with Crippen LogP contribution in [-0.2, 0) is 4.79 Å². The van der Waals surface area contributed by atoms with Gasteiger partial charge in [0.2, 0.25) is 5.91 Å². The molecule has 0 saturated heterocycles. The second-order valence-corrected chi connectivity index (χ2v) is 4.11. The highest BCUT2D eigenvalue weighted by Crippen LogP contribution is 2.34. The average molecular weight is 272 g/mol. The summed E-state index contributed by atoms with van der Waals surface area (Å²) in [6.07, 6.45) is 1.60. The molecular weight excluding hydrogens is 262 g/mol. The Morgan fingerprint density at radius 2 is 2.47 bits per heavy atom. The number of anilines is 1. The third-order valence-electron chi connectivity index (χ3n) is 2.21. The predicted octanol–water partition coefficient (Wildman–Crippen LogP) is 0.527. The lowest BCUT2D eigenvalue weighted by atomic mass is 10.3. The van der Waals surface area contributed by atoms with Crippen LogP contribution in [0.5, 0.6) is 5.75 Å². The Kier molecular flexibility index (Phi) is 2.62. The molecule has 15 heavy (non-hydrogen) atoms. The van der Waals surface area contributed by atoms with Crippen LogP contribution >= 0.6 is 15.9 Å². The fraction of sp³-hybridized carbons (Fsp3) is 0.333. The molecule has 1 aliphatic rings. The van der Waals surface area contributed by atoms with Crippen LogP contribution in [0.15, 0.2) is 16.7 Å². The first-order valence-electron chi connectivity index (χ1n) is 4.41. The number of halogens is 1. The second-order valence-electron chi connectivity index (χ2n) is 3.26. The molecule has 0 spiro atoms. The van der Waals surface area contributed by atoms with Crippen LogP contribution in [0, 0.1) is 0 Å². The lowest BCUT2D eigenvalue weighted by molar-refractivity contribution is -0.119. The number of pyridine rings is 1. The monoisotopic (exact) mass is 271 g/mol. The quantitative estimate of drug-likeness (QED) is 0.748. The van der Waals surface area contributed by atoms with Gasteiger partial charge in [-0.2, -0.15) is 0 Å². The summed E-state index contributed by atoms with van der Waals surface area (Å²) in [5, 5.41) is 0. The van der Waals surface area contributed by atoms with Crippen LogP contribution in [0.4, 0.5) is 5.82 Å². The van der Waals surface area contributed by atoms with E-state index < -0.39 is 6.04 Å². The van der Waals surface area contributed by atoms with Crippen molar-refractivity contribution in [3.05, 3.63) is 16.7 Å². The first kappa shape index (κ1) is 10.4. The molecule has 1 amide bonds. The van der Waals surface area contributed by atoms with E-state index in [9.17, 15) is 4.79 Å². The Morgan fingerprint density at radius 3 is 3.20 bits per heavy atom. The number of carbonyl (C=O) groups is 1. The summed E-state index contributed by atoms with van der Waals surface area (Å²) >= 11 is 3.34. The van der Waals surface area contributed by atoms with Crippen molar-refractivity contribution in [3.8, 4) is 5.75 Å². The fourth-order valence-electron chi connectivity index (χ4n) is 1.38. The van der Waals surface area contributed by atoms with Crippen molar-refractivity contribution in [2.45, 2.75) is 6.04 Å². The zero-order valence-electron chi connectivity index (χ0n) is 8.11. The highest BCUT2D eigenvalue weighted by molar-refractivity contribution is 9.10. The third-order valence-corrected chi connectivity index (χ3v) is 2.83. The number of rotatable bonds is 0. The summed E-state index contributed by atoms with van der Waals surface area (Å²) in [5.74, 6) is 0.850. The number of hydrogen-bond acceptors (Lipinski definition) is 4. The topological polar surface area (TPSA) is 68.5 Å². The Hall–Kier alpha value is -1.14. The summed E-state index contributed by atoms with van der Waals surface area (Å²) in [6.45, 7) is 0.167. The molecular formula is C9H10BrN3O2. The molecule has 80 valence electrons. The Morgan fingerprint density at radius 1 is 1.73 bits per heavy atom. The molecule has 6 heteroatoms. The maximum absolute atomic E-state index is 11.7. The standard InChI is InChI=1S/C9H10BrN3O2/c1-13-8-7(5(10)2-3-12-8)15-4-6(11)9(13)14/h2-3,6H,4,11H2,1H3/t6-/m0/s1. The minimum Gasteiger partial charge on any atom is -0.486 e. The van der Waals surface area contributed by atoms with Crippen LogP contribution in [0.2, 0.25) is 0 Å². The molecule has 0 aliphatic carbocycles. The number of carbonyl (C=O) groups excluding carboxylic acids is 1. The van der Waals surface area contributed by atoms with Crippen LogP contribution in [-0.4, -0.2) is 30.6 Å². The molecule has 2 heterocycles. The minimum atomic E-state index is -0.643. The van der Waals surface area contributed by atoms with Crippen LogP contribution in [0.3, 0.4) is 0 Å². The lowest BCUT2D eigenvalue weighted by Gasteiger charge is -2.16. The van der Waals surface area contributed by atoms with Crippen molar-refractivity contribution in [1.82, 2.24) is 4.98 Å². The highest BCUT2D eigenvalue weighted by atomic mass is 79.9. The number of amides is 1. The van der Waals surface area contributed by atoms with Crippen molar-refractivity contribution < 1.29 is 9.53 Å². The van der Waals surface area contributed by atoms with E-state index in [0.29, 0.717) is 11.6 Å². The van der Waals surface area contributed by atoms with E-state index in [1.54, 1.807) is 19.3 Å². The zero-order chi connectivity index (χ0) is 11.0. The molecule has 2 rings (SSSR count). The maximum atomic E-state index is 11.7. The Labute approximate surface area is 95.3 Å².